The van der Waals surface area contributed by atoms with Gasteiger partial charge in [-0.2, -0.15) is 0 Å². The minimum absolute atomic E-state index is 0.0279. The molecule has 7 heteroatoms. The molecule has 150 valence electrons. The number of anilines is 1. The first-order chi connectivity index (χ1) is 13.6. The van der Waals surface area contributed by atoms with Crippen molar-refractivity contribution in [1.29, 1.82) is 0 Å². The molecule has 0 radical (unpaired) electrons. The standard InChI is InChI=1S/C22H21FN2O4/c1-22(2)9-17-20(18(26)10-22)12(4-6-19(27)28)16(24-17)8-14-13-7-11(23)3-5-15(13)25-21(14)29/h3,5,7-8,24H,4,6,9-10H2,1-2H3,(H,25,29)(H,27,28)/b14-8-. The fourth-order valence-corrected chi connectivity index (χ4v) is 4.21. The van der Waals surface area contributed by atoms with Crippen LogP contribution in [0.5, 0.6) is 0 Å². The van der Waals surface area contributed by atoms with Crippen molar-refractivity contribution >= 4 is 35.0 Å². The van der Waals surface area contributed by atoms with Crippen LogP contribution in [0.2, 0.25) is 0 Å². The number of carboxylic acid groups (broad SMARTS) is 1. The van der Waals surface area contributed by atoms with Crippen LogP contribution in [0.15, 0.2) is 18.2 Å². The summed E-state index contributed by atoms with van der Waals surface area (Å²) in [7, 11) is 0. The van der Waals surface area contributed by atoms with Gasteiger partial charge in [-0.3, -0.25) is 14.4 Å². The van der Waals surface area contributed by atoms with Gasteiger partial charge in [0, 0.05) is 41.0 Å². The number of rotatable bonds is 4. The average Bonchev–Trinajstić information content (AvgIpc) is 3.10. The lowest BCUT2D eigenvalue weighted by Gasteiger charge is -2.28. The number of ketones is 1. The largest absolute Gasteiger partial charge is 0.481 e. The second-order valence-corrected chi connectivity index (χ2v) is 8.41. The van der Waals surface area contributed by atoms with E-state index in [1.165, 1.54) is 18.2 Å². The third-order valence-electron chi connectivity index (χ3n) is 5.43. The summed E-state index contributed by atoms with van der Waals surface area (Å²) in [6.07, 6.45) is 2.66. The third-order valence-corrected chi connectivity index (χ3v) is 5.43. The Balaban J connectivity index is 1.85. The number of hydrogen-bond acceptors (Lipinski definition) is 3. The van der Waals surface area contributed by atoms with Crippen LogP contribution in [-0.4, -0.2) is 27.8 Å². The molecular weight excluding hydrogens is 375 g/mol. The van der Waals surface area contributed by atoms with Gasteiger partial charge < -0.3 is 15.4 Å². The van der Waals surface area contributed by atoms with Crippen molar-refractivity contribution in [3.63, 3.8) is 0 Å². The number of carbonyl (C=O) groups excluding carboxylic acids is 2. The minimum Gasteiger partial charge on any atom is -0.481 e. The van der Waals surface area contributed by atoms with E-state index in [1.807, 2.05) is 13.8 Å². The highest BCUT2D eigenvalue weighted by molar-refractivity contribution is 6.35. The Morgan fingerprint density at radius 1 is 1.28 bits per heavy atom. The Morgan fingerprint density at radius 2 is 2.03 bits per heavy atom. The van der Waals surface area contributed by atoms with E-state index in [-0.39, 0.29) is 35.5 Å². The first kappa shape index (κ1) is 19.1. The number of nitrogens with one attached hydrogen (secondary N) is 2. The highest BCUT2D eigenvalue weighted by Crippen LogP contribution is 2.39. The van der Waals surface area contributed by atoms with E-state index < -0.39 is 11.8 Å². The summed E-state index contributed by atoms with van der Waals surface area (Å²) in [6.45, 7) is 4.01. The molecule has 0 fully saturated rings. The third kappa shape index (κ3) is 3.48. The zero-order chi connectivity index (χ0) is 20.9. The van der Waals surface area contributed by atoms with Crippen LogP contribution >= 0.6 is 0 Å². The fourth-order valence-electron chi connectivity index (χ4n) is 4.21. The van der Waals surface area contributed by atoms with Gasteiger partial charge in [0.05, 0.1) is 5.57 Å². The smallest absolute Gasteiger partial charge is 0.303 e. The average molecular weight is 396 g/mol. The van der Waals surface area contributed by atoms with Crippen LogP contribution in [-0.2, 0) is 22.4 Å². The van der Waals surface area contributed by atoms with Gasteiger partial charge in [-0.05, 0) is 48.1 Å². The number of hydrogen-bond donors (Lipinski definition) is 3. The van der Waals surface area contributed by atoms with Gasteiger partial charge in [-0.25, -0.2) is 4.39 Å². The van der Waals surface area contributed by atoms with E-state index in [0.29, 0.717) is 40.9 Å². The van der Waals surface area contributed by atoms with Gasteiger partial charge in [-0.1, -0.05) is 13.8 Å². The van der Waals surface area contributed by atoms with Crippen LogP contribution in [0.25, 0.3) is 11.6 Å². The van der Waals surface area contributed by atoms with Gasteiger partial charge in [-0.15, -0.1) is 0 Å². The number of amides is 1. The van der Waals surface area contributed by atoms with E-state index in [2.05, 4.69) is 10.3 Å². The van der Waals surface area contributed by atoms with Gasteiger partial charge in [0.2, 0.25) is 0 Å². The number of aromatic nitrogens is 1. The Kier molecular flexibility index (Phi) is 4.41. The summed E-state index contributed by atoms with van der Waals surface area (Å²) in [5, 5.41) is 11.8. The lowest BCUT2D eigenvalue weighted by atomic mass is 9.75. The van der Waals surface area contributed by atoms with Crippen molar-refractivity contribution in [3.05, 3.63) is 52.1 Å². The number of carboxylic acids is 1. The first-order valence-electron chi connectivity index (χ1n) is 9.46. The zero-order valence-corrected chi connectivity index (χ0v) is 16.2. The van der Waals surface area contributed by atoms with Gasteiger partial charge in [0.1, 0.15) is 5.82 Å². The van der Waals surface area contributed by atoms with Gasteiger partial charge >= 0.3 is 5.97 Å². The molecule has 0 bridgehead atoms. The molecule has 1 aromatic carbocycles. The molecule has 1 aliphatic heterocycles. The lowest BCUT2D eigenvalue weighted by Crippen LogP contribution is -2.27. The van der Waals surface area contributed by atoms with Crippen LogP contribution < -0.4 is 5.32 Å². The van der Waals surface area contributed by atoms with Crippen molar-refractivity contribution in [3.8, 4) is 0 Å². The van der Waals surface area contributed by atoms with E-state index in [1.54, 1.807) is 6.08 Å². The number of Topliss-reactive ketones (excluding diaryl/α,β-unsaturated/α-hetero) is 1. The molecular formula is C22H21FN2O4. The molecule has 1 aliphatic carbocycles. The molecule has 0 unspecified atom stereocenters. The Labute approximate surface area is 166 Å². The molecule has 0 spiro atoms. The van der Waals surface area contributed by atoms with Crippen molar-refractivity contribution in [2.45, 2.75) is 39.5 Å². The number of aliphatic carboxylic acids is 1. The van der Waals surface area contributed by atoms with E-state index >= 15 is 0 Å². The van der Waals surface area contributed by atoms with Gasteiger partial charge in [0.15, 0.2) is 5.78 Å². The molecule has 1 aromatic heterocycles. The molecule has 1 amide bonds. The van der Waals surface area contributed by atoms with Crippen LogP contribution in [0.4, 0.5) is 10.1 Å². The van der Waals surface area contributed by atoms with Crippen molar-refractivity contribution in [2.24, 2.45) is 5.41 Å². The number of fused-ring (bicyclic) bond motifs is 2. The molecule has 6 nitrogen and oxygen atoms in total. The number of carbonyl (C=O) groups is 3. The number of H-pyrrole nitrogens is 1. The second-order valence-electron chi connectivity index (χ2n) is 8.41. The molecule has 4 rings (SSSR count). The van der Waals surface area contributed by atoms with Crippen LogP contribution in [0.3, 0.4) is 0 Å². The number of benzene rings is 1. The van der Waals surface area contributed by atoms with Crippen molar-refractivity contribution < 1.29 is 23.9 Å². The highest BCUT2D eigenvalue weighted by Gasteiger charge is 2.35. The summed E-state index contributed by atoms with van der Waals surface area (Å²) in [5.41, 5.74) is 3.47. The second kappa shape index (κ2) is 6.69. The maximum Gasteiger partial charge on any atom is 0.303 e. The molecule has 2 aliphatic rings. The summed E-state index contributed by atoms with van der Waals surface area (Å²) in [4.78, 5) is 39.6. The molecule has 0 saturated carbocycles. The Hall–Kier alpha value is -3.22. The summed E-state index contributed by atoms with van der Waals surface area (Å²) >= 11 is 0. The Bertz CT molecular complexity index is 1090. The topological polar surface area (TPSA) is 99.3 Å². The zero-order valence-electron chi connectivity index (χ0n) is 16.2. The molecule has 0 atom stereocenters. The van der Waals surface area contributed by atoms with E-state index in [9.17, 15) is 18.8 Å². The molecule has 29 heavy (non-hydrogen) atoms. The summed E-state index contributed by atoms with van der Waals surface area (Å²) in [5.74, 6) is -1.82. The highest BCUT2D eigenvalue weighted by atomic mass is 19.1. The van der Waals surface area contributed by atoms with Crippen molar-refractivity contribution in [2.75, 3.05) is 5.32 Å². The lowest BCUT2D eigenvalue weighted by molar-refractivity contribution is -0.137. The molecule has 0 saturated heterocycles. The molecule has 2 heterocycles. The minimum atomic E-state index is -0.965. The first-order valence-corrected chi connectivity index (χ1v) is 9.46. The summed E-state index contributed by atoms with van der Waals surface area (Å²) in [6, 6.07) is 4.06. The van der Waals surface area contributed by atoms with Gasteiger partial charge in [0.25, 0.3) is 5.91 Å². The molecule has 2 aromatic rings. The predicted octanol–water partition coefficient (Wildman–Crippen LogP) is 3.82. The van der Waals surface area contributed by atoms with Crippen LogP contribution in [0.1, 0.15) is 59.6 Å². The van der Waals surface area contributed by atoms with Crippen molar-refractivity contribution in [1.82, 2.24) is 4.98 Å². The SMILES string of the molecule is CC1(C)CC(=O)c2c([nH]c(/C=C3\C(=O)Nc4ccc(F)cc43)c2CCC(=O)O)C1. The fraction of sp³-hybridized carbons (Fsp3) is 0.318. The Morgan fingerprint density at radius 3 is 2.76 bits per heavy atom. The van der Waals surface area contributed by atoms with Crippen LogP contribution in [0, 0.1) is 11.2 Å². The number of aromatic amines is 1. The number of halogens is 1. The van der Waals surface area contributed by atoms with E-state index in [4.69, 9.17) is 5.11 Å². The summed E-state index contributed by atoms with van der Waals surface area (Å²) < 4.78 is 13.7. The normalized spacial score (nSPS) is 18.5. The predicted molar refractivity (Wildman–Crippen MR) is 106 cm³/mol. The molecule has 3 N–H and O–H groups in total. The maximum absolute atomic E-state index is 13.7. The quantitative estimate of drug-likeness (QED) is 0.684. The maximum atomic E-state index is 13.7. The monoisotopic (exact) mass is 396 g/mol. The van der Waals surface area contributed by atoms with E-state index in [0.717, 1.165) is 5.69 Å².